The first-order chi connectivity index (χ1) is 11.8. The highest BCUT2D eigenvalue weighted by Crippen LogP contribution is 2.25. The standard InChI is InChI=1S/C15H9FN2O6S/c16-12-4-2-10(8-13(12)18(20)21)17-25(22,23)11-3-5-14-9(7-11)1-6-15(19)24-14/h1-8,17H. The topological polar surface area (TPSA) is 120 Å². The molecule has 0 saturated carbocycles. The molecule has 0 amide bonds. The van der Waals surface area contributed by atoms with Crippen LogP contribution < -0.4 is 10.3 Å². The Hall–Kier alpha value is -3.27. The monoisotopic (exact) mass is 364 g/mol. The minimum atomic E-state index is -4.09. The zero-order valence-electron chi connectivity index (χ0n) is 12.3. The van der Waals surface area contributed by atoms with Crippen molar-refractivity contribution in [1.82, 2.24) is 0 Å². The third-order valence-corrected chi connectivity index (χ3v) is 4.68. The number of nitrogens with zero attached hydrogens (tertiary/aromatic N) is 1. The Morgan fingerprint density at radius 1 is 1.08 bits per heavy atom. The Morgan fingerprint density at radius 3 is 2.56 bits per heavy atom. The van der Waals surface area contributed by atoms with Crippen LogP contribution in [-0.2, 0) is 10.0 Å². The molecule has 3 rings (SSSR count). The predicted octanol–water partition coefficient (Wildman–Crippen LogP) is 2.64. The van der Waals surface area contributed by atoms with Gasteiger partial charge in [-0.1, -0.05) is 0 Å². The van der Waals surface area contributed by atoms with Crippen molar-refractivity contribution in [1.29, 1.82) is 0 Å². The van der Waals surface area contributed by atoms with Crippen molar-refractivity contribution >= 4 is 32.4 Å². The summed E-state index contributed by atoms with van der Waals surface area (Å²) in [5.74, 6) is -1.08. The molecule has 2 aromatic carbocycles. The maximum Gasteiger partial charge on any atom is 0.336 e. The number of nitro benzene ring substituents is 1. The van der Waals surface area contributed by atoms with E-state index in [-0.39, 0.29) is 16.2 Å². The van der Waals surface area contributed by atoms with Crippen LogP contribution in [0.25, 0.3) is 11.0 Å². The Bertz CT molecular complexity index is 1160. The van der Waals surface area contributed by atoms with Gasteiger partial charge in [0, 0.05) is 17.5 Å². The zero-order valence-corrected chi connectivity index (χ0v) is 13.1. The molecule has 3 aromatic rings. The van der Waals surface area contributed by atoms with E-state index in [0.717, 1.165) is 24.3 Å². The molecule has 1 N–H and O–H groups in total. The van der Waals surface area contributed by atoms with Crippen LogP contribution >= 0.6 is 0 Å². The van der Waals surface area contributed by atoms with E-state index in [2.05, 4.69) is 4.72 Å². The average Bonchev–Trinajstić information content (AvgIpc) is 2.55. The van der Waals surface area contributed by atoms with Crippen LogP contribution in [0, 0.1) is 15.9 Å². The number of nitro groups is 1. The van der Waals surface area contributed by atoms with Crippen molar-refractivity contribution in [3.8, 4) is 0 Å². The molecule has 10 heteroatoms. The highest BCUT2D eigenvalue weighted by Gasteiger charge is 2.19. The van der Waals surface area contributed by atoms with Crippen molar-refractivity contribution in [3.05, 3.63) is 74.9 Å². The summed E-state index contributed by atoms with van der Waals surface area (Å²) < 4.78 is 45.2. The second kappa shape index (κ2) is 5.98. The molecule has 0 spiro atoms. The molecule has 128 valence electrons. The lowest BCUT2D eigenvalue weighted by Crippen LogP contribution is -2.13. The number of halogens is 1. The third-order valence-electron chi connectivity index (χ3n) is 3.30. The first-order valence-corrected chi connectivity index (χ1v) is 8.25. The lowest BCUT2D eigenvalue weighted by Gasteiger charge is -2.08. The van der Waals surface area contributed by atoms with Gasteiger partial charge in [0.25, 0.3) is 10.0 Å². The summed E-state index contributed by atoms with van der Waals surface area (Å²) in [6.45, 7) is 0. The number of anilines is 1. The number of nitrogens with one attached hydrogen (secondary N) is 1. The predicted molar refractivity (Wildman–Crippen MR) is 86.3 cm³/mol. The minimum absolute atomic E-state index is 0.152. The Labute approximate surface area is 139 Å². The average molecular weight is 364 g/mol. The number of hydrogen-bond donors (Lipinski definition) is 1. The fourth-order valence-electron chi connectivity index (χ4n) is 2.15. The molecule has 0 bridgehead atoms. The fraction of sp³-hybridized carbons (Fsp3) is 0. The highest BCUT2D eigenvalue weighted by atomic mass is 32.2. The molecule has 8 nitrogen and oxygen atoms in total. The quantitative estimate of drug-likeness (QED) is 0.432. The van der Waals surface area contributed by atoms with Gasteiger partial charge in [-0.3, -0.25) is 14.8 Å². The largest absolute Gasteiger partial charge is 0.423 e. The molecular weight excluding hydrogens is 355 g/mol. The van der Waals surface area contributed by atoms with Gasteiger partial charge in [-0.05, 0) is 36.4 Å². The molecule has 25 heavy (non-hydrogen) atoms. The summed E-state index contributed by atoms with van der Waals surface area (Å²) in [6.07, 6.45) is 0. The van der Waals surface area contributed by atoms with Gasteiger partial charge < -0.3 is 4.42 Å². The van der Waals surface area contributed by atoms with Crippen LogP contribution in [0.4, 0.5) is 15.8 Å². The van der Waals surface area contributed by atoms with E-state index in [0.29, 0.717) is 5.39 Å². The van der Waals surface area contributed by atoms with E-state index < -0.39 is 32.1 Å². The van der Waals surface area contributed by atoms with E-state index in [1.54, 1.807) is 0 Å². The fourth-order valence-corrected chi connectivity index (χ4v) is 3.23. The number of hydrogen-bond acceptors (Lipinski definition) is 6. The van der Waals surface area contributed by atoms with Crippen LogP contribution in [0.5, 0.6) is 0 Å². The Morgan fingerprint density at radius 2 is 1.84 bits per heavy atom. The van der Waals surface area contributed by atoms with Gasteiger partial charge in [-0.25, -0.2) is 13.2 Å². The van der Waals surface area contributed by atoms with Gasteiger partial charge in [0.15, 0.2) is 0 Å². The summed E-state index contributed by atoms with van der Waals surface area (Å²) in [7, 11) is -4.09. The van der Waals surface area contributed by atoms with E-state index >= 15 is 0 Å². The molecule has 1 heterocycles. The minimum Gasteiger partial charge on any atom is -0.423 e. The molecule has 0 fully saturated rings. The first-order valence-electron chi connectivity index (χ1n) is 6.77. The van der Waals surface area contributed by atoms with E-state index in [1.165, 1.54) is 24.3 Å². The Kier molecular flexibility index (Phi) is 3.97. The van der Waals surface area contributed by atoms with Crippen molar-refractivity contribution in [2.24, 2.45) is 0 Å². The first kappa shape index (κ1) is 16.6. The smallest absolute Gasteiger partial charge is 0.336 e. The molecule has 0 unspecified atom stereocenters. The van der Waals surface area contributed by atoms with Gasteiger partial charge in [-0.2, -0.15) is 4.39 Å². The summed E-state index contributed by atoms with van der Waals surface area (Å²) >= 11 is 0. The number of fused-ring (bicyclic) bond motifs is 1. The summed E-state index contributed by atoms with van der Waals surface area (Å²) in [4.78, 5) is 20.8. The van der Waals surface area contributed by atoms with E-state index in [1.807, 2.05) is 0 Å². The zero-order chi connectivity index (χ0) is 18.2. The molecular formula is C15H9FN2O6S. The van der Waals surface area contributed by atoms with Gasteiger partial charge >= 0.3 is 11.3 Å². The van der Waals surface area contributed by atoms with Crippen molar-refractivity contribution in [2.75, 3.05) is 4.72 Å². The van der Waals surface area contributed by atoms with E-state index in [4.69, 9.17) is 4.42 Å². The van der Waals surface area contributed by atoms with Crippen molar-refractivity contribution < 1.29 is 22.1 Å². The molecule has 0 atom stereocenters. The normalized spacial score (nSPS) is 11.4. The van der Waals surface area contributed by atoms with Gasteiger partial charge in [0.05, 0.1) is 15.5 Å². The molecule has 0 aliphatic heterocycles. The molecule has 0 saturated heterocycles. The van der Waals surface area contributed by atoms with Gasteiger partial charge in [0.1, 0.15) is 5.58 Å². The lowest BCUT2D eigenvalue weighted by molar-refractivity contribution is -0.387. The van der Waals surface area contributed by atoms with Crippen molar-refractivity contribution in [2.45, 2.75) is 4.90 Å². The van der Waals surface area contributed by atoms with Crippen LogP contribution in [-0.4, -0.2) is 13.3 Å². The SMILES string of the molecule is O=c1ccc2cc(S(=O)(=O)Nc3ccc(F)c([N+](=O)[O-])c3)ccc2o1. The molecule has 0 radical (unpaired) electrons. The summed E-state index contributed by atoms with van der Waals surface area (Å²) in [5.41, 5.74) is -1.36. The second-order valence-electron chi connectivity index (χ2n) is 4.98. The highest BCUT2D eigenvalue weighted by molar-refractivity contribution is 7.92. The second-order valence-corrected chi connectivity index (χ2v) is 6.67. The van der Waals surface area contributed by atoms with Crippen LogP contribution in [0.15, 0.2) is 62.6 Å². The van der Waals surface area contributed by atoms with Crippen molar-refractivity contribution in [3.63, 3.8) is 0 Å². The number of benzene rings is 2. The Balaban J connectivity index is 1.99. The molecule has 1 aromatic heterocycles. The lowest BCUT2D eigenvalue weighted by atomic mass is 10.2. The van der Waals surface area contributed by atoms with E-state index in [9.17, 15) is 27.7 Å². The van der Waals surface area contributed by atoms with Crippen LogP contribution in [0.3, 0.4) is 0 Å². The molecule has 0 aliphatic carbocycles. The number of rotatable bonds is 4. The summed E-state index contributed by atoms with van der Waals surface area (Å²) in [5, 5.41) is 11.1. The number of sulfonamides is 1. The van der Waals surface area contributed by atoms with Crippen LogP contribution in [0.1, 0.15) is 0 Å². The third kappa shape index (κ3) is 3.33. The van der Waals surface area contributed by atoms with Gasteiger partial charge in [-0.15, -0.1) is 0 Å². The van der Waals surface area contributed by atoms with Crippen LogP contribution in [0.2, 0.25) is 0 Å². The summed E-state index contributed by atoms with van der Waals surface area (Å²) in [6, 6.07) is 9.01. The maximum absolute atomic E-state index is 13.3. The molecule has 0 aliphatic rings. The maximum atomic E-state index is 13.3. The van der Waals surface area contributed by atoms with Gasteiger partial charge in [0.2, 0.25) is 5.82 Å².